The molecular formula is C19H29Cl2N3O4. The van der Waals surface area contributed by atoms with E-state index in [1.165, 1.54) is 12.8 Å². The molecule has 2 N–H and O–H groups in total. The normalized spacial score (nSPS) is 17.9. The SMILES string of the molecule is Cl.Cl.O=C(O)CCOc1cccc(C(=O)N2CCN(C3CCNCC3)CC2)c1. The van der Waals surface area contributed by atoms with E-state index in [-0.39, 0.29) is 43.7 Å². The van der Waals surface area contributed by atoms with Crippen LogP contribution < -0.4 is 10.1 Å². The molecule has 1 amide bonds. The predicted octanol–water partition coefficient (Wildman–Crippen LogP) is 1.89. The molecule has 2 saturated heterocycles. The van der Waals surface area contributed by atoms with Crippen LogP contribution in [0.4, 0.5) is 0 Å². The summed E-state index contributed by atoms with van der Waals surface area (Å²) in [6, 6.07) is 7.64. The van der Waals surface area contributed by atoms with E-state index >= 15 is 0 Å². The molecule has 9 heteroatoms. The van der Waals surface area contributed by atoms with E-state index in [4.69, 9.17) is 9.84 Å². The number of benzene rings is 1. The standard InChI is InChI=1S/C19H27N3O4.2ClH/c23-18(24)6-13-26-17-3-1-2-15(14-17)19(25)22-11-9-21(10-12-22)16-4-7-20-8-5-16;;/h1-3,14,16,20H,4-13H2,(H,23,24);2*1H. The highest BCUT2D eigenvalue weighted by Crippen LogP contribution is 2.18. The largest absolute Gasteiger partial charge is 0.493 e. The number of nitrogens with one attached hydrogen (secondary N) is 1. The van der Waals surface area contributed by atoms with Crippen molar-refractivity contribution in [2.75, 3.05) is 45.9 Å². The lowest BCUT2D eigenvalue weighted by Gasteiger charge is -2.40. The average Bonchev–Trinajstić information content (AvgIpc) is 2.68. The molecule has 0 radical (unpaired) electrons. The third-order valence-electron chi connectivity index (χ3n) is 5.09. The Morgan fingerprint density at radius 1 is 1.11 bits per heavy atom. The molecule has 2 aliphatic rings. The van der Waals surface area contributed by atoms with Gasteiger partial charge in [0.25, 0.3) is 5.91 Å². The minimum Gasteiger partial charge on any atom is -0.493 e. The summed E-state index contributed by atoms with van der Waals surface area (Å²) in [5.74, 6) is -0.354. The van der Waals surface area contributed by atoms with Gasteiger partial charge in [-0.15, -0.1) is 24.8 Å². The maximum Gasteiger partial charge on any atom is 0.306 e. The number of hydrogen-bond donors (Lipinski definition) is 2. The first kappa shape index (κ1) is 24.5. The van der Waals surface area contributed by atoms with Crippen molar-refractivity contribution in [1.82, 2.24) is 15.1 Å². The van der Waals surface area contributed by atoms with Gasteiger partial charge in [0, 0.05) is 37.8 Å². The third-order valence-corrected chi connectivity index (χ3v) is 5.09. The fraction of sp³-hybridized carbons (Fsp3) is 0.579. The van der Waals surface area contributed by atoms with Crippen LogP contribution in [0.1, 0.15) is 29.6 Å². The quantitative estimate of drug-likeness (QED) is 0.712. The van der Waals surface area contributed by atoms with Crippen molar-refractivity contribution >= 4 is 36.7 Å². The summed E-state index contributed by atoms with van der Waals surface area (Å²) in [4.78, 5) is 27.7. The van der Waals surface area contributed by atoms with Crippen molar-refractivity contribution in [3.8, 4) is 5.75 Å². The molecule has 7 nitrogen and oxygen atoms in total. The first-order valence-corrected chi connectivity index (χ1v) is 9.32. The number of carbonyl (C=O) groups excluding carboxylic acids is 1. The van der Waals surface area contributed by atoms with Crippen molar-refractivity contribution < 1.29 is 19.4 Å². The zero-order valence-electron chi connectivity index (χ0n) is 15.8. The molecule has 0 unspecified atom stereocenters. The van der Waals surface area contributed by atoms with Crippen LogP contribution in [0.2, 0.25) is 0 Å². The van der Waals surface area contributed by atoms with Gasteiger partial charge in [-0.3, -0.25) is 14.5 Å². The fourth-order valence-corrected chi connectivity index (χ4v) is 3.62. The summed E-state index contributed by atoms with van der Waals surface area (Å²) in [6.07, 6.45) is 2.31. The number of rotatable bonds is 6. The van der Waals surface area contributed by atoms with Crippen LogP contribution >= 0.6 is 24.8 Å². The predicted molar refractivity (Wildman–Crippen MR) is 112 cm³/mol. The Kier molecular flexibility index (Phi) is 10.6. The Hall–Kier alpha value is -1.54. The van der Waals surface area contributed by atoms with Gasteiger partial charge in [-0.1, -0.05) is 6.07 Å². The number of carboxylic acids is 1. The minimum absolute atomic E-state index is 0. The number of nitrogens with zero attached hydrogens (tertiary/aromatic N) is 2. The molecule has 0 bridgehead atoms. The van der Waals surface area contributed by atoms with Gasteiger partial charge < -0.3 is 20.1 Å². The van der Waals surface area contributed by atoms with Crippen LogP contribution in [0.3, 0.4) is 0 Å². The number of carbonyl (C=O) groups is 2. The topological polar surface area (TPSA) is 82.1 Å². The third kappa shape index (κ3) is 6.81. The zero-order valence-corrected chi connectivity index (χ0v) is 17.5. The van der Waals surface area contributed by atoms with E-state index < -0.39 is 5.97 Å². The van der Waals surface area contributed by atoms with E-state index in [9.17, 15) is 9.59 Å². The Bertz CT molecular complexity index is 633. The van der Waals surface area contributed by atoms with Crippen LogP contribution in [-0.4, -0.2) is 78.7 Å². The highest BCUT2D eigenvalue weighted by atomic mass is 35.5. The highest BCUT2D eigenvalue weighted by molar-refractivity contribution is 5.94. The summed E-state index contributed by atoms with van der Waals surface area (Å²) in [6.45, 7) is 5.59. The number of ether oxygens (including phenoxy) is 1. The van der Waals surface area contributed by atoms with Gasteiger partial charge in [-0.2, -0.15) is 0 Å². The molecule has 28 heavy (non-hydrogen) atoms. The molecule has 1 aromatic rings. The molecule has 0 aliphatic carbocycles. The Balaban J connectivity index is 0.00000196. The summed E-state index contributed by atoms with van der Waals surface area (Å²) >= 11 is 0. The number of piperidine rings is 1. The number of carboxylic acid groups (broad SMARTS) is 1. The second-order valence-electron chi connectivity index (χ2n) is 6.83. The highest BCUT2D eigenvalue weighted by Gasteiger charge is 2.27. The summed E-state index contributed by atoms with van der Waals surface area (Å²) < 4.78 is 5.43. The van der Waals surface area contributed by atoms with Crippen molar-refractivity contribution in [3.63, 3.8) is 0 Å². The van der Waals surface area contributed by atoms with E-state index in [1.54, 1.807) is 24.3 Å². The van der Waals surface area contributed by atoms with Gasteiger partial charge in [-0.25, -0.2) is 0 Å². The van der Waals surface area contributed by atoms with Gasteiger partial charge in [0.05, 0.1) is 13.0 Å². The number of aliphatic carboxylic acids is 1. The van der Waals surface area contributed by atoms with Crippen molar-refractivity contribution in [1.29, 1.82) is 0 Å². The maximum absolute atomic E-state index is 12.8. The van der Waals surface area contributed by atoms with Crippen LogP contribution in [0.15, 0.2) is 24.3 Å². The summed E-state index contributed by atoms with van der Waals surface area (Å²) in [5, 5.41) is 12.1. The average molecular weight is 434 g/mol. The molecule has 2 heterocycles. The van der Waals surface area contributed by atoms with Gasteiger partial charge in [0.15, 0.2) is 0 Å². The monoisotopic (exact) mass is 433 g/mol. The molecule has 0 aromatic heterocycles. The number of hydrogen-bond acceptors (Lipinski definition) is 5. The summed E-state index contributed by atoms with van der Waals surface area (Å²) in [5.41, 5.74) is 0.591. The molecule has 0 spiro atoms. The van der Waals surface area contributed by atoms with E-state index in [0.717, 1.165) is 39.3 Å². The zero-order chi connectivity index (χ0) is 18.4. The molecule has 0 atom stereocenters. The van der Waals surface area contributed by atoms with Crippen LogP contribution in [0.25, 0.3) is 0 Å². The molecule has 1 aromatic carbocycles. The van der Waals surface area contributed by atoms with Crippen LogP contribution in [-0.2, 0) is 4.79 Å². The molecular weight excluding hydrogens is 405 g/mol. The van der Waals surface area contributed by atoms with Gasteiger partial charge in [0.2, 0.25) is 0 Å². The van der Waals surface area contributed by atoms with Gasteiger partial charge >= 0.3 is 5.97 Å². The number of halogens is 2. The smallest absolute Gasteiger partial charge is 0.306 e. The van der Waals surface area contributed by atoms with E-state index in [2.05, 4.69) is 10.2 Å². The van der Waals surface area contributed by atoms with Gasteiger partial charge in [-0.05, 0) is 44.1 Å². The van der Waals surface area contributed by atoms with E-state index in [0.29, 0.717) is 17.4 Å². The van der Waals surface area contributed by atoms with Crippen molar-refractivity contribution in [2.24, 2.45) is 0 Å². The molecule has 2 aliphatic heterocycles. The number of amides is 1. The molecule has 158 valence electrons. The minimum atomic E-state index is -0.899. The maximum atomic E-state index is 12.8. The first-order valence-electron chi connectivity index (χ1n) is 9.32. The van der Waals surface area contributed by atoms with Gasteiger partial charge in [0.1, 0.15) is 5.75 Å². The lowest BCUT2D eigenvalue weighted by molar-refractivity contribution is -0.137. The Labute approximate surface area is 178 Å². The molecule has 2 fully saturated rings. The second-order valence-corrected chi connectivity index (χ2v) is 6.83. The lowest BCUT2D eigenvalue weighted by Crippen LogP contribution is -2.53. The van der Waals surface area contributed by atoms with Crippen molar-refractivity contribution in [2.45, 2.75) is 25.3 Å². The lowest BCUT2D eigenvalue weighted by atomic mass is 10.0. The van der Waals surface area contributed by atoms with Crippen LogP contribution in [0.5, 0.6) is 5.75 Å². The van der Waals surface area contributed by atoms with Crippen molar-refractivity contribution in [3.05, 3.63) is 29.8 Å². The molecule has 3 rings (SSSR count). The molecule has 0 saturated carbocycles. The number of piperazine rings is 1. The van der Waals surface area contributed by atoms with E-state index in [1.807, 2.05) is 4.90 Å². The second kappa shape index (κ2) is 12.1. The van der Waals surface area contributed by atoms with Crippen LogP contribution in [0, 0.1) is 0 Å². The summed E-state index contributed by atoms with van der Waals surface area (Å²) in [7, 11) is 0. The Morgan fingerprint density at radius 2 is 1.79 bits per heavy atom. The first-order chi connectivity index (χ1) is 12.6. The Morgan fingerprint density at radius 3 is 2.43 bits per heavy atom. The fourth-order valence-electron chi connectivity index (χ4n) is 3.62.